The first-order valence-electron chi connectivity index (χ1n) is 13.9. The number of rotatable bonds is 7. The Morgan fingerprint density at radius 1 is 1.05 bits per heavy atom. The summed E-state index contributed by atoms with van der Waals surface area (Å²) in [6, 6.07) is 7.01. The van der Waals surface area contributed by atoms with E-state index in [0.29, 0.717) is 44.6 Å². The molecule has 3 aromatic rings. The van der Waals surface area contributed by atoms with E-state index in [4.69, 9.17) is 4.74 Å². The predicted octanol–water partition coefficient (Wildman–Crippen LogP) is 4.70. The average molecular weight is 604 g/mol. The van der Waals surface area contributed by atoms with Gasteiger partial charge in [0.15, 0.2) is 5.69 Å². The Bertz CT molecular complexity index is 1460. The third-order valence-electron chi connectivity index (χ3n) is 7.61. The van der Waals surface area contributed by atoms with Crippen LogP contribution in [0.1, 0.15) is 67.6 Å². The number of halogens is 3. The summed E-state index contributed by atoms with van der Waals surface area (Å²) in [4.78, 5) is 54.3. The van der Waals surface area contributed by atoms with Crippen LogP contribution in [0.25, 0.3) is 11.4 Å². The van der Waals surface area contributed by atoms with Gasteiger partial charge in [0.05, 0.1) is 36.8 Å². The number of H-pyrrole nitrogens is 2. The lowest BCUT2D eigenvalue weighted by Crippen LogP contribution is -2.46. The lowest BCUT2D eigenvalue weighted by atomic mass is 10.2. The van der Waals surface area contributed by atoms with Crippen molar-refractivity contribution in [2.24, 2.45) is 0 Å². The van der Waals surface area contributed by atoms with Crippen LogP contribution >= 0.6 is 0 Å². The normalized spacial score (nSPS) is 19.4. The highest BCUT2D eigenvalue weighted by atomic mass is 19.4. The third kappa shape index (κ3) is 6.44. The van der Waals surface area contributed by atoms with Gasteiger partial charge in [0.25, 0.3) is 0 Å². The van der Waals surface area contributed by atoms with Crippen molar-refractivity contribution in [2.75, 3.05) is 20.2 Å². The zero-order valence-electron chi connectivity index (χ0n) is 23.6. The van der Waals surface area contributed by atoms with E-state index < -0.39 is 48.1 Å². The van der Waals surface area contributed by atoms with E-state index in [1.807, 2.05) is 30.3 Å². The molecule has 3 N–H and O–H groups in total. The van der Waals surface area contributed by atoms with Crippen LogP contribution in [0.15, 0.2) is 36.5 Å². The number of hydrogen-bond acceptors (Lipinski definition) is 7. The van der Waals surface area contributed by atoms with Crippen LogP contribution < -0.4 is 5.32 Å². The molecule has 2 aliphatic heterocycles. The summed E-state index contributed by atoms with van der Waals surface area (Å²) < 4.78 is 52.5. The van der Waals surface area contributed by atoms with E-state index in [0.717, 1.165) is 12.7 Å². The first kappa shape index (κ1) is 29.9. The van der Waals surface area contributed by atoms with Crippen LogP contribution in [0.5, 0.6) is 0 Å². The van der Waals surface area contributed by atoms with Crippen LogP contribution in [-0.4, -0.2) is 74.1 Å². The van der Waals surface area contributed by atoms with Crippen LogP contribution in [0, 0.1) is 0 Å². The fourth-order valence-electron chi connectivity index (χ4n) is 5.52. The summed E-state index contributed by atoms with van der Waals surface area (Å²) in [7, 11) is 1.16. The Kier molecular flexibility index (Phi) is 8.59. The number of likely N-dealkylation sites (tertiary alicyclic amines) is 2. The van der Waals surface area contributed by atoms with Crippen LogP contribution in [-0.2, 0) is 27.1 Å². The third-order valence-corrected chi connectivity index (χ3v) is 7.61. The minimum absolute atomic E-state index is 0.0263. The van der Waals surface area contributed by atoms with Gasteiger partial charge in [-0.3, -0.25) is 9.69 Å². The highest BCUT2D eigenvalue weighted by Crippen LogP contribution is 2.40. The molecule has 4 heterocycles. The maximum Gasteiger partial charge on any atom is 0.435 e. The molecule has 2 aromatic heterocycles. The smallest absolute Gasteiger partial charge is 0.435 e. The largest absolute Gasteiger partial charge is 0.453 e. The van der Waals surface area contributed by atoms with Gasteiger partial charge in [-0.25, -0.2) is 19.6 Å². The molecule has 12 nitrogen and oxygen atoms in total. The monoisotopic (exact) mass is 603 g/mol. The van der Waals surface area contributed by atoms with Gasteiger partial charge >= 0.3 is 18.4 Å². The van der Waals surface area contributed by atoms with Crippen molar-refractivity contribution >= 4 is 18.1 Å². The first-order chi connectivity index (χ1) is 20.6. The second-order valence-corrected chi connectivity index (χ2v) is 10.5. The maximum absolute atomic E-state index is 14.2. The highest BCUT2D eigenvalue weighted by molar-refractivity contribution is 5.85. The molecule has 0 spiro atoms. The number of benzene rings is 1. The number of nitrogens with zero attached hydrogens (tertiary/aromatic N) is 4. The molecule has 5 rings (SSSR count). The van der Waals surface area contributed by atoms with E-state index in [2.05, 4.69) is 30.0 Å². The van der Waals surface area contributed by atoms with E-state index in [1.165, 1.54) is 22.9 Å². The summed E-state index contributed by atoms with van der Waals surface area (Å²) in [5, 5.41) is 2.39. The van der Waals surface area contributed by atoms with Crippen LogP contribution in [0.3, 0.4) is 0 Å². The summed E-state index contributed by atoms with van der Waals surface area (Å²) in [6.45, 7) is 2.28. The Labute approximate surface area is 245 Å². The molecule has 3 atom stereocenters. The SMILES string of the molecule is COC(=O)N[C@@H](C)C(=O)N1CCC[C@H]1c1nc(C(F)(F)F)c(-c2cnc([C@@H]3CCCN3C(=O)OCc3ccccc3)[nH]2)[nH]1. The number of nitrogens with one attached hydrogen (secondary N) is 3. The molecule has 2 aliphatic rings. The number of hydrogen-bond donors (Lipinski definition) is 3. The van der Waals surface area contributed by atoms with Crippen molar-refractivity contribution in [3.8, 4) is 11.4 Å². The molecule has 43 heavy (non-hydrogen) atoms. The van der Waals surface area contributed by atoms with Crippen molar-refractivity contribution in [3.05, 3.63) is 59.4 Å². The zero-order chi connectivity index (χ0) is 30.7. The number of imidazole rings is 2. The molecule has 0 saturated carbocycles. The lowest BCUT2D eigenvalue weighted by molar-refractivity contribution is -0.140. The molecule has 2 saturated heterocycles. The number of amides is 3. The molecule has 0 radical (unpaired) electrons. The molecule has 0 aliphatic carbocycles. The van der Waals surface area contributed by atoms with Crippen molar-refractivity contribution in [1.82, 2.24) is 35.1 Å². The Balaban J connectivity index is 1.36. The Morgan fingerprint density at radius 3 is 2.40 bits per heavy atom. The summed E-state index contributed by atoms with van der Waals surface area (Å²) in [5.41, 5.74) is -0.596. The summed E-state index contributed by atoms with van der Waals surface area (Å²) in [5.74, 6) is -0.167. The lowest BCUT2D eigenvalue weighted by Gasteiger charge is -2.26. The molecule has 0 bridgehead atoms. The van der Waals surface area contributed by atoms with E-state index >= 15 is 0 Å². The second-order valence-electron chi connectivity index (χ2n) is 10.5. The highest BCUT2D eigenvalue weighted by Gasteiger charge is 2.42. The number of aromatic amines is 2. The van der Waals surface area contributed by atoms with E-state index in [1.54, 1.807) is 0 Å². The van der Waals surface area contributed by atoms with Gasteiger partial charge in [0.1, 0.15) is 24.3 Å². The number of alkyl carbamates (subject to hydrolysis) is 1. The van der Waals surface area contributed by atoms with Gasteiger partial charge in [0.2, 0.25) is 5.91 Å². The van der Waals surface area contributed by atoms with Gasteiger partial charge in [-0.15, -0.1) is 0 Å². The number of methoxy groups -OCH3 is 1. The number of aromatic nitrogens is 4. The van der Waals surface area contributed by atoms with Gasteiger partial charge in [0, 0.05) is 13.1 Å². The molecular weight excluding hydrogens is 571 g/mol. The standard InChI is InChI=1S/C28H32F3N7O5/c1-16(33-26(40)42-2)25(39)37-12-6-11-20(37)24-35-21(22(36-24)28(29,30)31)18-14-32-23(34-18)19-10-7-13-38(19)27(41)43-15-17-8-4-3-5-9-17/h3-5,8-9,14,16,19-20H,6-7,10-13,15H2,1-2H3,(H,32,34)(H,33,40)(H,35,36)/t16-,19-,20-/m0/s1. The first-order valence-corrected chi connectivity index (χ1v) is 13.9. The number of carbonyl (C=O) groups is 3. The minimum Gasteiger partial charge on any atom is -0.453 e. The maximum atomic E-state index is 14.2. The van der Waals surface area contributed by atoms with Gasteiger partial charge < -0.3 is 29.7 Å². The van der Waals surface area contributed by atoms with Gasteiger partial charge in [-0.05, 0) is 38.2 Å². The second kappa shape index (κ2) is 12.4. The van der Waals surface area contributed by atoms with Crippen molar-refractivity contribution < 1.29 is 37.0 Å². The van der Waals surface area contributed by atoms with Gasteiger partial charge in [-0.1, -0.05) is 30.3 Å². The average Bonchev–Trinajstić information content (AvgIpc) is 3.80. The quantitative estimate of drug-likeness (QED) is 0.355. The fraction of sp³-hybridized carbons (Fsp3) is 0.464. The molecule has 15 heteroatoms. The molecule has 230 valence electrons. The summed E-state index contributed by atoms with van der Waals surface area (Å²) in [6.07, 6.45) is -2.69. The number of ether oxygens (including phenoxy) is 2. The predicted molar refractivity (Wildman–Crippen MR) is 145 cm³/mol. The van der Waals surface area contributed by atoms with Crippen LogP contribution in [0.2, 0.25) is 0 Å². The molecule has 3 amide bonds. The topological polar surface area (TPSA) is 146 Å². The number of alkyl halides is 3. The molecule has 2 fully saturated rings. The number of carbonyl (C=O) groups excluding carboxylic acids is 3. The zero-order valence-corrected chi connectivity index (χ0v) is 23.6. The molecule has 0 unspecified atom stereocenters. The fourth-order valence-corrected chi connectivity index (χ4v) is 5.52. The minimum atomic E-state index is -4.80. The van der Waals surface area contributed by atoms with Crippen molar-refractivity contribution in [2.45, 2.75) is 63.5 Å². The van der Waals surface area contributed by atoms with Crippen LogP contribution in [0.4, 0.5) is 22.8 Å². The van der Waals surface area contributed by atoms with Crippen molar-refractivity contribution in [3.63, 3.8) is 0 Å². The summed E-state index contributed by atoms with van der Waals surface area (Å²) >= 11 is 0. The Morgan fingerprint density at radius 2 is 1.72 bits per heavy atom. The van der Waals surface area contributed by atoms with E-state index in [9.17, 15) is 27.6 Å². The van der Waals surface area contributed by atoms with E-state index in [-0.39, 0.29) is 23.8 Å². The van der Waals surface area contributed by atoms with Gasteiger partial charge in [-0.2, -0.15) is 13.2 Å². The molecular formula is C28H32F3N7O5. The Hall–Kier alpha value is -4.56. The van der Waals surface area contributed by atoms with Crippen molar-refractivity contribution in [1.29, 1.82) is 0 Å². The molecule has 1 aromatic carbocycles.